The molecule has 0 aliphatic heterocycles. The molecule has 2 aromatic rings. The van der Waals surface area contributed by atoms with Crippen molar-refractivity contribution < 1.29 is 18.0 Å². The maximum absolute atomic E-state index is 13.6. The number of carbonyl (C=O) groups excluding carboxylic acids is 1. The molecule has 110 valence electrons. The first-order chi connectivity index (χ1) is 9.88. The minimum absolute atomic E-state index is 0.103. The van der Waals surface area contributed by atoms with Crippen LogP contribution in [0, 0.1) is 17.5 Å². The lowest BCUT2D eigenvalue weighted by Gasteiger charge is -2.11. The molecule has 3 nitrogen and oxygen atoms in total. The van der Waals surface area contributed by atoms with Gasteiger partial charge in [0.2, 0.25) is 5.91 Å². The van der Waals surface area contributed by atoms with Crippen molar-refractivity contribution in [2.45, 2.75) is 6.54 Å². The minimum Gasteiger partial charge on any atom is -0.377 e. The molecule has 21 heavy (non-hydrogen) atoms. The first kappa shape index (κ1) is 15.2. The summed E-state index contributed by atoms with van der Waals surface area (Å²) in [6.45, 7) is -0.144. The van der Waals surface area contributed by atoms with Gasteiger partial charge in [-0.15, -0.1) is 0 Å². The van der Waals surface area contributed by atoms with Gasteiger partial charge in [-0.25, -0.2) is 13.2 Å². The standard InChI is InChI=1S/C14H10ClF3N2O/c15-10-4-9(16)5-12(18)13(10)20-6-8-3-7(14(19)21)1-2-11(8)17/h1-5,20H,6H2,(H2,19,21). The smallest absolute Gasteiger partial charge is 0.248 e. The van der Waals surface area contributed by atoms with Crippen LogP contribution in [0.5, 0.6) is 0 Å². The normalized spacial score (nSPS) is 10.5. The molecule has 2 rings (SSSR count). The number of nitrogens with one attached hydrogen (secondary N) is 1. The summed E-state index contributed by atoms with van der Waals surface area (Å²) in [4.78, 5) is 11.0. The van der Waals surface area contributed by atoms with Gasteiger partial charge in [0.15, 0.2) is 5.82 Å². The van der Waals surface area contributed by atoms with Gasteiger partial charge in [0.05, 0.1) is 10.7 Å². The van der Waals surface area contributed by atoms with E-state index in [0.717, 1.165) is 12.1 Å². The number of hydrogen-bond acceptors (Lipinski definition) is 2. The predicted octanol–water partition coefficient (Wildman–Crippen LogP) is 3.47. The van der Waals surface area contributed by atoms with Gasteiger partial charge in [0.25, 0.3) is 0 Å². The molecule has 0 atom stereocenters. The zero-order valence-electron chi connectivity index (χ0n) is 10.6. The Bertz CT molecular complexity index is 684. The van der Waals surface area contributed by atoms with Gasteiger partial charge in [0.1, 0.15) is 11.6 Å². The van der Waals surface area contributed by atoms with Crippen LogP contribution in [0.4, 0.5) is 18.9 Å². The van der Waals surface area contributed by atoms with E-state index in [1.54, 1.807) is 0 Å². The summed E-state index contributed by atoms with van der Waals surface area (Å²) in [7, 11) is 0. The first-order valence-corrected chi connectivity index (χ1v) is 6.23. The Morgan fingerprint density at radius 2 is 1.86 bits per heavy atom. The van der Waals surface area contributed by atoms with Crippen molar-refractivity contribution >= 4 is 23.2 Å². The molecule has 0 saturated heterocycles. The van der Waals surface area contributed by atoms with Gasteiger partial charge in [-0.2, -0.15) is 0 Å². The number of anilines is 1. The van der Waals surface area contributed by atoms with E-state index >= 15 is 0 Å². The van der Waals surface area contributed by atoms with E-state index in [4.69, 9.17) is 17.3 Å². The number of rotatable bonds is 4. The maximum atomic E-state index is 13.6. The number of nitrogens with two attached hydrogens (primary N) is 1. The largest absolute Gasteiger partial charge is 0.377 e. The van der Waals surface area contributed by atoms with Gasteiger partial charge in [-0.3, -0.25) is 4.79 Å². The maximum Gasteiger partial charge on any atom is 0.248 e. The molecular weight excluding hydrogens is 305 g/mol. The molecule has 0 aliphatic carbocycles. The third-order valence-electron chi connectivity index (χ3n) is 2.79. The quantitative estimate of drug-likeness (QED) is 0.908. The fourth-order valence-corrected chi connectivity index (χ4v) is 2.02. The number of hydrogen-bond donors (Lipinski definition) is 2. The highest BCUT2D eigenvalue weighted by molar-refractivity contribution is 6.33. The Labute approximate surface area is 123 Å². The van der Waals surface area contributed by atoms with E-state index in [2.05, 4.69) is 5.32 Å². The van der Waals surface area contributed by atoms with E-state index in [0.29, 0.717) is 6.07 Å². The molecule has 0 saturated carbocycles. The minimum atomic E-state index is -0.897. The summed E-state index contributed by atoms with van der Waals surface area (Å²) in [5.74, 6) is -3.01. The van der Waals surface area contributed by atoms with E-state index in [9.17, 15) is 18.0 Å². The van der Waals surface area contributed by atoms with Crippen LogP contribution in [0.2, 0.25) is 5.02 Å². The molecule has 0 aromatic heterocycles. The molecule has 0 aliphatic rings. The molecule has 7 heteroatoms. The van der Waals surface area contributed by atoms with Crippen LogP contribution in [0.3, 0.4) is 0 Å². The highest BCUT2D eigenvalue weighted by Crippen LogP contribution is 2.27. The Morgan fingerprint density at radius 1 is 1.14 bits per heavy atom. The first-order valence-electron chi connectivity index (χ1n) is 5.85. The third-order valence-corrected chi connectivity index (χ3v) is 3.09. The topological polar surface area (TPSA) is 55.1 Å². The summed E-state index contributed by atoms with van der Waals surface area (Å²) in [6, 6.07) is 5.17. The van der Waals surface area contributed by atoms with Gasteiger partial charge in [0, 0.05) is 23.7 Å². The van der Waals surface area contributed by atoms with E-state index in [1.165, 1.54) is 12.1 Å². The van der Waals surface area contributed by atoms with Crippen molar-refractivity contribution in [2.24, 2.45) is 5.73 Å². The van der Waals surface area contributed by atoms with Crippen LogP contribution in [-0.2, 0) is 6.54 Å². The Morgan fingerprint density at radius 3 is 2.48 bits per heavy atom. The van der Waals surface area contributed by atoms with Gasteiger partial charge < -0.3 is 11.1 Å². The Hall–Kier alpha value is -2.21. The number of benzene rings is 2. The van der Waals surface area contributed by atoms with Crippen molar-refractivity contribution in [3.63, 3.8) is 0 Å². The molecule has 0 fully saturated rings. The van der Waals surface area contributed by atoms with Crippen LogP contribution in [0.1, 0.15) is 15.9 Å². The SMILES string of the molecule is NC(=O)c1ccc(F)c(CNc2c(F)cc(F)cc2Cl)c1. The van der Waals surface area contributed by atoms with Gasteiger partial charge in [-0.05, 0) is 24.3 Å². The highest BCUT2D eigenvalue weighted by Gasteiger charge is 2.12. The van der Waals surface area contributed by atoms with Crippen molar-refractivity contribution in [1.29, 1.82) is 0 Å². The lowest BCUT2D eigenvalue weighted by atomic mass is 10.1. The second-order valence-electron chi connectivity index (χ2n) is 4.27. The zero-order chi connectivity index (χ0) is 15.6. The van der Waals surface area contributed by atoms with E-state index < -0.39 is 23.4 Å². The molecule has 0 unspecified atom stereocenters. The predicted molar refractivity (Wildman–Crippen MR) is 73.6 cm³/mol. The molecule has 3 N–H and O–H groups in total. The number of primary amides is 1. The van der Waals surface area contributed by atoms with E-state index in [-0.39, 0.29) is 28.4 Å². The average Bonchev–Trinajstić information content (AvgIpc) is 2.39. The lowest BCUT2D eigenvalue weighted by molar-refractivity contribution is 0.1000. The summed E-state index contributed by atoms with van der Waals surface area (Å²) >= 11 is 5.71. The number of carbonyl (C=O) groups is 1. The van der Waals surface area contributed by atoms with Crippen LogP contribution in [0.25, 0.3) is 0 Å². The molecular formula is C14H10ClF3N2O. The van der Waals surface area contributed by atoms with Crippen LogP contribution in [-0.4, -0.2) is 5.91 Å². The van der Waals surface area contributed by atoms with Gasteiger partial charge >= 0.3 is 0 Å². The molecule has 1 amide bonds. The fourth-order valence-electron chi connectivity index (χ4n) is 1.76. The third kappa shape index (κ3) is 3.46. The second kappa shape index (κ2) is 6.05. The van der Waals surface area contributed by atoms with Crippen LogP contribution < -0.4 is 11.1 Å². The summed E-state index contributed by atoms with van der Waals surface area (Å²) in [5, 5.41) is 2.40. The molecule has 2 aromatic carbocycles. The highest BCUT2D eigenvalue weighted by atomic mass is 35.5. The Balaban J connectivity index is 2.24. The van der Waals surface area contributed by atoms with Crippen molar-refractivity contribution in [1.82, 2.24) is 0 Å². The van der Waals surface area contributed by atoms with Crippen LogP contribution >= 0.6 is 11.6 Å². The second-order valence-corrected chi connectivity index (χ2v) is 4.68. The summed E-state index contributed by atoms with van der Waals surface area (Å²) in [6.07, 6.45) is 0. The number of amides is 1. The van der Waals surface area contributed by atoms with E-state index in [1.807, 2.05) is 0 Å². The van der Waals surface area contributed by atoms with Crippen molar-refractivity contribution in [2.75, 3.05) is 5.32 Å². The average molecular weight is 315 g/mol. The summed E-state index contributed by atoms with van der Waals surface area (Å²) in [5.41, 5.74) is 5.18. The Kier molecular flexibility index (Phi) is 4.37. The molecule has 0 radical (unpaired) electrons. The lowest BCUT2D eigenvalue weighted by Crippen LogP contribution is -2.12. The molecule has 0 spiro atoms. The van der Waals surface area contributed by atoms with Crippen LogP contribution in [0.15, 0.2) is 30.3 Å². The van der Waals surface area contributed by atoms with Crippen molar-refractivity contribution in [3.8, 4) is 0 Å². The zero-order valence-corrected chi connectivity index (χ0v) is 11.3. The molecule has 0 bridgehead atoms. The van der Waals surface area contributed by atoms with Gasteiger partial charge in [-0.1, -0.05) is 11.6 Å². The monoisotopic (exact) mass is 314 g/mol. The summed E-state index contributed by atoms with van der Waals surface area (Å²) < 4.78 is 40.1. The fraction of sp³-hybridized carbons (Fsp3) is 0.0714. The molecule has 0 heterocycles. The number of halogens is 4. The van der Waals surface area contributed by atoms with Crippen molar-refractivity contribution in [3.05, 3.63) is 63.9 Å².